The molecule has 0 bridgehead atoms. The number of hydrogen-bond acceptors (Lipinski definition) is 6. The van der Waals surface area contributed by atoms with Gasteiger partial charge in [0.1, 0.15) is 12.1 Å². The maximum Gasteiger partial charge on any atom is 0.225 e. The van der Waals surface area contributed by atoms with Crippen molar-refractivity contribution in [3.8, 4) is 5.69 Å². The van der Waals surface area contributed by atoms with Gasteiger partial charge in [-0.3, -0.25) is 4.79 Å². The fraction of sp³-hybridized carbons (Fsp3) is 0.280. The lowest BCUT2D eigenvalue weighted by Crippen LogP contribution is -2.43. The first-order chi connectivity index (χ1) is 16.6. The third-order valence-electron chi connectivity index (χ3n) is 6.10. The maximum absolute atomic E-state index is 13.0. The molecule has 0 radical (unpaired) electrons. The fourth-order valence-electron chi connectivity index (χ4n) is 4.26. The molecule has 9 heteroatoms. The number of carbonyl (C=O) groups is 1. The van der Waals surface area contributed by atoms with Crippen molar-refractivity contribution in [2.24, 2.45) is 5.92 Å². The summed E-state index contributed by atoms with van der Waals surface area (Å²) in [4.78, 5) is 25.3. The van der Waals surface area contributed by atoms with Crippen molar-refractivity contribution < 1.29 is 4.79 Å². The Bertz CT molecular complexity index is 1290. The van der Waals surface area contributed by atoms with Crippen LogP contribution < -0.4 is 10.2 Å². The molecule has 0 aliphatic carbocycles. The van der Waals surface area contributed by atoms with Gasteiger partial charge in [-0.2, -0.15) is 0 Å². The number of benzene rings is 2. The number of amides is 1. The van der Waals surface area contributed by atoms with E-state index in [1.54, 1.807) is 18.1 Å². The molecule has 174 valence electrons. The highest BCUT2D eigenvalue weighted by Gasteiger charge is 2.28. The van der Waals surface area contributed by atoms with Crippen molar-refractivity contribution in [3.63, 3.8) is 0 Å². The molecule has 0 saturated carbocycles. The van der Waals surface area contributed by atoms with Crippen LogP contribution in [0.2, 0.25) is 0 Å². The van der Waals surface area contributed by atoms with Gasteiger partial charge < -0.3 is 10.2 Å². The number of anilines is 1. The Labute approximate surface area is 211 Å². The van der Waals surface area contributed by atoms with Crippen LogP contribution in [0.25, 0.3) is 16.7 Å². The van der Waals surface area contributed by atoms with Gasteiger partial charge in [0.2, 0.25) is 5.91 Å². The zero-order chi connectivity index (χ0) is 23.5. The molecule has 1 saturated heterocycles. The highest BCUT2D eigenvalue weighted by Crippen LogP contribution is 2.28. The van der Waals surface area contributed by atoms with Crippen LogP contribution in [0.5, 0.6) is 0 Å². The first-order valence-corrected chi connectivity index (χ1v) is 13.2. The van der Waals surface area contributed by atoms with Crippen LogP contribution in [0.3, 0.4) is 0 Å². The summed E-state index contributed by atoms with van der Waals surface area (Å²) in [5, 5.41) is 8.65. The first-order valence-electron chi connectivity index (χ1n) is 11.2. The average Bonchev–Trinajstić information content (AvgIpc) is 3.32. The van der Waals surface area contributed by atoms with Crippen molar-refractivity contribution in [2.75, 3.05) is 24.2 Å². The van der Waals surface area contributed by atoms with Crippen LogP contribution in [0.4, 0.5) is 5.82 Å². The molecule has 34 heavy (non-hydrogen) atoms. The van der Waals surface area contributed by atoms with Crippen molar-refractivity contribution in [1.82, 2.24) is 25.1 Å². The fourth-order valence-corrected chi connectivity index (χ4v) is 4.94. The minimum atomic E-state index is -0.0780. The van der Waals surface area contributed by atoms with Crippen LogP contribution in [-0.4, -0.2) is 45.0 Å². The van der Waals surface area contributed by atoms with Gasteiger partial charge in [0.15, 0.2) is 5.65 Å². The van der Waals surface area contributed by atoms with Gasteiger partial charge in [0.05, 0.1) is 17.0 Å². The van der Waals surface area contributed by atoms with Crippen LogP contribution >= 0.6 is 27.7 Å². The lowest BCUT2D eigenvalue weighted by Gasteiger charge is -2.33. The molecule has 1 amide bonds. The van der Waals surface area contributed by atoms with Gasteiger partial charge in [-0.25, -0.2) is 14.6 Å². The van der Waals surface area contributed by atoms with E-state index in [9.17, 15) is 4.79 Å². The normalized spacial score (nSPS) is 16.1. The molecule has 1 atom stereocenters. The largest absolute Gasteiger partial charge is 0.355 e. The topological polar surface area (TPSA) is 75.9 Å². The van der Waals surface area contributed by atoms with Crippen LogP contribution in [0.15, 0.2) is 70.4 Å². The number of hydrogen-bond donors (Lipinski definition) is 1. The molecule has 1 aliphatic heterocycles. The number of thioether (sulfide) groups is 1. The standard InChI is InChI=1S/C25H25BrN6OS/c1-34-21-10-4-17(5-11-21)13-27-25(33)18-3-2-12-31(14-18)24-22-15-32(30-23(22)28-16-29-24)20-8-6-19(26)7-9-20/h4-11,15-16,18H,2-3,12-14H2,1H3,(H,27,33). The second-order valence-corrected chi connectivity index (χ2v) is 10.1. The Morgan fingerprint density at radius 3 is 2.71 bits per heavy atom. The van der Waals surface area contributed by atoms with E-state index < -0.39 is 0 Å². The number of nitrogens with one attached hydrogen (secondary N) is 1. The molecule has 4 aromatic rings. The molecule has 3 heterocycles. The summed E-state index contributed by atoms with van der Waals surface area (Å²) in [7, 11) is 0. The number of carbonyl (C=O) groups excluding carboxylic acids is 1. The minimum absolute atomic E-state index is 0.0780. The maximum atomic E-state index is 13.0. The molecule has 5 rings (SSSR count). The molecular formula is C25H25BrN6OS. The number of nitrogens with zero attached hydrogens (tertiary/aromatic N) is 5. The average molecular weight is 537 g/mol. The Kier molecular flexibility index (Phi) is 6.82. The number of aromatic nitrogens is 4. The molecule has 7 nitrogen and oxygen atoms in total. The Balaban J connectivity index is 1.30. The Morgan fingerprint density at radius 2 is 1.94 bits per heavy atom. The number of halogens is 1. The quantitative estimate of drug-likeness (QED) is 0.355. The summed E-state index contributed by atoms with van der Waals surface area (Å²) in [6.07, 6.45) is 7.39. The highest BCUT2D eigenvalue weighted by atomic mass is 79.9. The van der Waals surface area contributed by atoms with Crippen molar-refractivity contribution in [1.29, 1.82) is 0 Å². The van der Waals surface area contributed by atoms with Gasteiger partial charge >= 0.3 is 0 Å². The number of piperidine rings is 1. The summed E-state index contributed by atoms with van der Waals surface area (Å²) in [5.74, 6) is 0.846. The molecule has 1 N–H and O–H groups in total. The van der Waals surface area contributed by atoms with Crippen LogP contribution in [0.1, 0.15) is 18.4 Å². The zero-order valence-electron chi connectivity index (χ0n) is 18.8. The third kappa shape index (κ3) is 4.95. The molecule has 1 aliphatic rings. The van der Waals surface area contributed by atoms with E-state index in [4.69, 9.17) is 0 Å². The lowest BCUT2D eigenvalue weighted by molar-refractivity contribution is -0.125. The Hall–Kier alpha value is -2.91. The Morgan fingerprint density at radius 1 is 1.15 bits per heavy atom. The van der Waals surface area contributed by atoms with Crippen LogP contribution in [-0.2, 0) is 11.3 Å². The van der Waals surface area contributed by atoms with Gasteiger partial charge in [0, 0.05) is 35.2 Å². The monoisotopic (exact) mass is 536 g/mol. The second kappa shape index (κ2) is 10.1. The SMILES string of the molecule is CSc1ccc(CNC(=O)C2CCCN(c3ncnc4nn(-c5ccc(Br)cc5)cc34)C2)cc1. The van der Waals surface area contributed by atoms with Gasteiger partial charge in [0.25, 0.3) is 0 Å². The van der Waals surface area contributed by atoms with E-state index in [1.807, 2.05) is 35.1 Å². The summed E-state index contributed by atoms with van der Waals surface area (Å²) in [5.41, 5.74) is 2.71. The smallest absolute Gasteiger partial charge is 0.225 e. The van der Waals surface area contributed by atoms with Crippen molar-refractivity contribution in [3.05, 3.63) is 71.1 Å². The number of rotatable bonds is 6. The molecule has 1 unspecified atom stereocenters. The van der Waals surface area contributed by atoms with E-state index in [0.29, 0.717) is 18.7 Å². The van der Waals surface area contributed by atoms with Gasteiger partial charge in [-0.15, -0.1) is 16.9 Å². The molecule has 2 aromatic heterocycles. The minimum Gasteiger partial charge on any atom is -0.355 e. The number of fused-ring (bicyclic) bond motifs is 1. The first kappa shape index (κ1) is 22.9. The molecular weight excluding hydrogens is 512 g/mol. The predicted molar refractivity (Wildman–Crippen MR) is 139 cm³/mol. The van der Waals surface area contributed by atoms with Gasteiger partial charge in [-0.05, 0) is 61.1 Å². The van der Waals surface area contributed by atoms with Gasteiger partial charge in [-0.1, -0.05) is 28.1 Å². The summed E-state index contributed by atoms with van der Waals surface area (Å²) in [6, 6.07) is 16.3. The van der Waals surface area contributed by atoms with E-state index >= 15 is 0 Å². The van der Waals surface area contributed by atoms with E-state index in [2.05, 4.69) is 71.7 Å². The summed E-state index contributed by atoms with van der Waals surface area (Å²) < 4.78 is 2.84. The second-order valence-electron chi connectivity index (χ2n) is 8.34. The van der Waals surface area contributed by atoms with E-state index in [0.717, 1.165) is 46.3 Å². The van der Waals surface area contributed by atoms with Crippen molar-refractivity contribution in [2.45, 2.75) is 24.3 Å². The predicted octanol–water partition coefficient (Wildman–Crippen LogP) is 4.83. The highest BCUT2D eigenvalue weighted by molar-refractivity contribution is 9.10. The van der Waals surface area contributed by atoms with Crippen LogP contribution in [0, 0.1) is 5.92 Å². The molecule has 1 fully saturated rings. The summed E-state index contributed by atoms with van der Waals surface area (Å²) in [6.45, 7) is 2.03. The molecule has 0 spiro atoms. The summed E-state index contributed by atoms with van der Waals surface area (Å²) >= 11 is 5.18. The third-order valence-corrected chi connectivity index (χ3v) is 7.38. The van der Waals surface area contributed by atoms with Crippen molar-refractivity contribution >= 4 is 50.5 Å². The van der Waals surface area contributed by atoms with E-state index in [-0.39, 0.29) is 11.8 Å². The molecule has 2 aromatic carbocycles. The zero-order valence-corrected chi connectivity index (χ0v) is 21.2. The van der Waals surface area contributed by atoms with E-state index in [1.165, 1.54) is 4.90 Å². The lowest BCUT2D eigenvalue weighted by atomic mass is 9.97.